The van der Waals surface area contributed by atoms with Crippen molar-refractivity contribution in [3.05, 3.63) is 58.6 Å². The first-order chi connectivity index (χ1) is 16.5. The first kappa shape index (κ1) is 27.2. The highest BCUT2D eigenvalue weighted by atomic mass is 32.2. The maximum atomic E-state index is 13.7. The van der Waals surface area contributed by atoms with E-state index in [1.807, 2.05) is 32.3 Å². The third kappa shape index (κ3) is 6.63. The summed E-state index contributed by atoms with van der Waals surface area (Å²) in [5.74, 6) is -0.504. The molecule has 2 aromatic carbocycles. The summed E-state index contributed by atoms with van der Waals surface area (Å²) < 4.78 is 49.3. The van der Waals surface area contributed by atoms with Crippen LogP contribution in [0, 0.1) is 17.7 Å². The second-order valence-corrected chi connectivity index (χ2v) is 12.1. The third-order valence-corrected chi connectivity index (χ3v) is 8.12. The van der Waals surface area contributed by atoms with Crippen LogP contribution < -0.4 is 4.80 Å². The Hall–Kier alpha value is -2.40. The predicted octanol–water partition coefficient (Wildman–Crippen LogP) is 4.53. The van der Waals surface area contributed by atoms with Gasteiger partial charge in [0, 0.05) is 32.3 Å². The van der Waals surface area contributed by atoms with Gasteiger partial charge >= 0.3 is 0 Å². The van der Waals surface area contributed by atoms with Gasteiger partial charge in [-0.05, 0) is 54.3 Å². The Morgan fingerprint density at radius 1 is 1.09 bits per heavy atom. The minimum absolute atomic E-state index is 0.142. The summed E-state index contributed by atoms with van der Waals surface area (Å²) in [5.41, 5.74) is 1.03. The number of carbonyl (C=O) groups excluding carboxylic acids is 1. The average Bonchev–Trinajstić information content (AvgIpc) is 3.12. The summed E-state index contributed by atoms with van der Waals surface area (Å²) in [6.07, 6.45) is 0. The Labute approximate surface area is 209 Å². The van der Waals surface area contributed by atoms with Crippen LogP contribution in [0.5, 0.6) is 0 Å². The fourth-order valence-corrected chi connectivity index (χ4v) is 6.53. The maximum Gasteiger partial charge on any atom is 0.279 e. The number of carbonyl (C=O) groups is 1. The van der Waals surface area contributed by atoms with E-state index in [2.05, 4.69) is 4.99 Å². The zero-order chi connectivity index (χ0) is 25.8. The smallest absolute Gasteiger partial charge is 0.279 e. The van der Waals surface area contributed by atoms with Gasteiger partial charge in [-0.25, -0.2) is 12.8 Å². The summed E-state index contributed by atoms with van der Waals surface area (Å²) in [6, 6.07) is 10.3. The molecule has 0 saturated heterocycles. The molecular weight excluding hydrogens is 489 g/mol. The minimum Gasteiger partial charge on any atom is -0.383 e. The lowest BCUT2D eigenvalue weighted by atomic mass is 10.2. The van der Waals surface area contributed by atoms with Gasteiger partial charge in [0.2, 0.25) is 10.0 Å². The summed E-state index contributed by atoms with van der Waals surface area (Å²) in [4.78, 5) is 17.8. The Bertz CT molecular complexity index is 1330. The van der Waals surface area contributed by atoms with Gasteiger partial charge in [-0.3, -0.25) is 4.79 Å². The number of hydrogen-bond donors (Lipinski definition) is 0. The van der Waals surface area contributed by atoms with Crippen LogP contribution in [-0.2, 0) is 21.3 Å². The van der Waals surface area contributed by atoms with Crippen LogP contribution in [0.15, 0.2) is 52.4 Å². The molecule has 3 rings (SSSR count). The van der Waals surface area contributed by atoms with Crippen molar-refractivity contribution >= 4 is 37.5 Å². The van der Waals surface area contributed by atoms with Crippen LogP contribution in [0.2, 0.25) is 0 Å². The van der Waals surface area contributed by atoms with Crippen LogP contribution in [0.25, 0.3) is 10.2 Å². The Morgan fingerprint density at radius 2 is 1.71 bits per heavy atom. The fourth-order valence-electron chi connectivity index (χ4n) is 3.69. The van der Waals surface area contributed by atoms with E-state index in [4.69, 9.17) is 4.74 Å². The summed E-state index contributed by atoms with van der Waals surface area (Å²) >= 11 is 1.21. The van der Waals surface area contributed by atoms with Crippen molar-refractivity contribution in [1.29, 1.82) is 0 Å². The number of halogens is 1. The quantitative estimate of drug-likeness (QED) is 0.393. The van der Waals surface area contributed by atoms with Crippen LogP contribution in [-0.4, -0.2) is 50.0 Å². The fraction of sp³-hybridized carbons (Fsp3) is 0.440. The van der Waals surface area contributed by atoms with Crippen LogP contribution in [0.1, 0.15) is 38.1 Å². The molecule has 0 aliphatic rings. The molecule has 1 heterocycles. The molecule has 0 unspecified atom stereocenters. The molecule has 0 aliphatic carbocycles. The third-order valence-electron chi connectivity index (χ3n) is 5.24. The van der Waals surface area contributed by atoms with Gasteiger partial charge < -0.3 is 9.30 Å². The van der Waals surface area contributed by atoms with Crippen LogP contribution in [0.4, 0.5) is 4.39 Å². The molecular formula is C25H32FN3O4S2. The van der Waals surface area contributed by atoms with Crippen molar-refractivity contribution < 1.29 is 22.3 Å². The highest BCUT2D eigenvalue weighted by Crippen LogP contribution is 2.21. The number of hydrogen-bond acceptors (Lipinski definition) is 5. The minimum atomic E-state index is -3.69. The monoisotopic (exact) mass is 521 g/mol. The number of fused-ring (bicyclic) bond motifs is 1. The van der Waals surface area contributed by atoms with Gasteiger partial charge in [0.1, 0.15) is 5.82 Å². The van der Waals surface area contributed by atoms with Crippen molar-refractivity contribution in [3.8, 4) is 0 Å². The zero-order valence-corrected chi connectivity index (χ0v) is 22.3. The SMILES string of the molecule is COCCn1c(=NC(=O)c2ccc(S(=O)(=O)N(CC(C)C)CC(C)C)cc2)sc2cc(F)ccc21. The lowest BCUT2D eigenvalue weighted by Crippen LogP contribution is -2.37. The van der Waals surface area contributed by atoms with E-state index < -0.39 is 15.9 Å². The number of aromatic nitrogens is 1. The summed E-state index contributed by atoms with van der Waals surface area (Å²) in [7, 11) is -2.11. The largest absolute Gasteiger partial charge is 0.383 e. The topological polar surface area (TPSA) is 81.0 Å². The van der Waals surface area contributed by atoms with Gasteiger partial charge in [-0.1, -0.05) is 39.0 Å². The predicted molar refractivity (Wildman–Crippen MR) is 136 cm³/mol. The molecule has 0 N–H and O–H groups in total. The molecule has 0 aliphatic heterocycles. The van der Waals surface area contributed by atoms with E-state index in [1.165, 1.54) is 52.0 Å². The van der Waals surface area contributed by atoms with Gasteiger partial charge in [0.15, 0.2) is 4.80 Å². The number of nitrogens with zero attached hydrogens (tertiary/aromatic N) is 3. The van der Waals surface area contributed by atoms with E-state index in [1.54, 1.807) is 13.2 Å². The van der Waals surface area contributed by atoms with Crippen molar-refractivity contribution in [2.24, 2.45) is 16.8 Å². The Kier molecular flexibility index (Phi) is 8.98. The first-order valence-electron chi connectivity index (χ1n) is 11.5. The molecule has 190 valence electrons. The van der Waals surface area contributed by atoms with E-state index >= 15 is 0 Å². The average molecular weight is 522 g/mol. The number of ether oxygens (including phenoxy) is 1. The molecule has 35 heavy (non-hydrogen) atoms. The Balaban J connectivity index is 1.94. The first-order valence-corrected chi connectivity index (χ1v) is 13.8. The lowest BCUT2D eigenvalue weighted by Gasteiger charge is -2.25. The maximum absolute atomic E-state index is 13.7. The molecule has 0 fully saturated rings. The number of methoxy groups -OCH3 is 1. The van der Waals surface area contributed by atoms with E-state index in [-0.39, 0.29) is 28.1 Å². The van der Waals surface area contributed by atoms with E-state index in [0.29, 0.717) is 35.7 Å². The molecule has 7 nitrogen and oxygen atoms in total. The molecule has 1 amide bonds. The molecule has 0 bridgehead atoms. The number of amides is 1. The van der Waals surface area contributed by atoms with Crippen molar-refractivity contribution in [2.75, 3.05) is 26.8 Å². The second kappa shape index (κ2) is 11.6. The van der Waals surface area contributed by atoms with Crippen LogP contribution >= 0.6 is 11.3 Å². The summed E-state index contributed by atoms with van der Waals surface area (Å²) in [6.45, 7) is 9.62. The molecule has 0 saturated carbocycles. The number of thiazole rings is 1. The Morgan fingerprint density at radius 3 is 2.29 bits per heavy atom. The summed E-state index contributed by atoms with van der Waals surface area (Å²) in [5, 5.41) is 0. The van der Waals surface area contributed by atoms with E-state index in [9.17, 15) is 17.6 Å². The number of sulfonamides is 1. The highest BCUT2D eigenvalue weighted by Gasteiger charge is 2.26. The van der Waals surface area contributed by atoms with Crippen molar-refractivity contribution in [2.45, 2.75) is 39.1 Å². The van der Waals surface area contributed by atoms with Gasteiger partial charge in [0.05, 0.1) is 21.7 Å². The standard InChI is InChI=1S/C25H32FN3O4S2/c1-17(2)15-28(16-18(3)4)35(31,32)21-9-6-19(7-10-21)24(30)27-25-29(12-13-33-5)22-11-8-20(26)14-23(22)34-25/h6-11,14,17-18H,12-13,15-16H2,1-5H3. The molecule has 3 aromatic rings. The van der Waals surface area contributed by atoms with E-state index in [0.717, 1.165) is 5.52 Å². The lowest BCUT2D eigenvalue weighted by molar-refractivity contribution is 0.0997. The van der Waals surface area contributed by atoms with Crippen molar-refractivity contribution in [3.63, 3.8) is 0 Å². The van der Waals surface area contributed by atoms with Crippen molar-refractivity contribution in [1.82, 2.24) is 8.87 Å². The molecule has 1 aromatic heterocycles. The number of benzene rings is 2. The normalized spacial score (nSPS) is 13.0. The second-order valence-electron chi connectivity index (χ2n) is 9.19. The van der Waals surface area contributed by atoms with Crippen LogP contribution in [0.3, 0.4) is 0 Å². The molecule has 0 spiro atoms. The number of rotatable bonds is 10. The van der Waals surface area contributed by atoms with Gasteiger partial charge in [0.25, 0.3) is 5.91 Å². The zero-order valence-electron chi connectivity index (χ0n) is 20.7. The van der Waals surface area contributed by atoms with Gasteiger partial charge in [-0.15, -0.1) is 0 Å². The molecule has 10 heteroatoms. The highest BCUT2D eigenvalue weighted by molar-refractivity contribution is 7.89. The molecule has 0 radical (unpaired) electrons. The molecule has 0 atom stereocenters. The van der Waals surface area contributed by atoms with Gasteiger partial charge in [-0.2, -0.15) is 9.30 Å².